The number of carbonyl (C=O) groups excluding carboxylic acids is 1. The molecule has 1 aliphatic heterocycles. The fraction of sp³-hybridized carbons (Fsp3) is 0.333. The van der Waals surface area contributed by atoms with E-state index in [9.17, 15) is 4.79 Å². The number of aryl methyl sites for hydroxylation is 2. The zero-order valence-corrected chi connectivity index (χ0v) is 19.6. The number of nitrogens with zero attached hydrogens (tertiary/aromatic N) is 3. The van der Waals surface area contributed by atoms with Gasteiger partial charge in [-0.25, -0.2) is 0 Å². The third-order valence-electron chi connectivity index (χ3n) is 5.66. The number of hydrogen-bond acceptors (Lipinski definition) is 5. The molecular formula is C24H25Cl2N3O3. The minimum atomic E-state index is -0.131. The molecule has 3 aromatic rings. The van der Waals surface area contributed by atoms with Crippen LogP contribution in [0.5, 0.6) is 5.75 Å². The van der Waals surface area contributed by atoms with Crippen LogP contribution in [-0.4, -0.2) is 47.0 Å². The second kappa shape index (κ2) is 9.94. The molecule has 8 heteroatoms. The Labute approximate surface area is 197 Å². The molecule has 1 fully saturated rings. The Morgan fingerprint density at radius 2 is 1.78 bits per heavy atom. The number of rotatable bonds is 6. The van der Waals surface area contributed by atoms with Crippen LogP contribution in [-0.2, 0) is 13.2 Å². The summed E-state index contributed by atoms with van der Waals surface area (Å²) in [5, 5.41) is 5.32. The molecule has 2 aromatic carbocycles. The molecule has 0 saturated carbocycles. The lowest BCUT2D eigenvalue weighted by Crippen LogP contribution is -2.48. The second-order valence-electron chi connectivity index (χ2n) is 7.97. The van der Waals surface area contributed by atoms with E-state index in [4.69, 9.17) is 32.5 Å². The minimum absolute atomic E-state index is 0.131. The van der Waals surface area contributed by atoms with Crippen molar-refractivity contribution in [2.24, 2.45) is 0 Å². The zero-order valence-electron chi connectivity index (χ0n) is 18.1. The fourth-order valence-corrected chi connectivity index (χ4v) is 4.14. The summed E-state index contributed by atoms with van der Waals surface area (Å²) in [6.07, 6.45) is 0. The third kappa shape index (κ3) is 5.26. The Morgan fingerprint density at radius 1 is 1.06 bits per heavy atom. The van der Waals surface area contributed by atoms with E-state index < -0.39 is 0 Å². The van der Waals surface area contributed by atoms with Gasteiger partial charge in [0.2, 0.25) is 0 Å². The average Bonchev–Trinajstić information content (AvgIpc) is 3.15. The Hall–Kier alpha value is -2.54. The van der Waals surface area contributed by atoms with Crippen molar-refractivity contribution in [2.75, 3.05) is 26.2 Å². The average molecular weight is 474 g/mol. The van der Waals surface area contributed by atoms with E-state index in [1.54, 1.807) is 13.0 Å². The molecule has 0 spiro atoms. The molecule has 168 valence electrons. The molecule has 2 heterocycles. The quantitative estimate of drug-likeness (QED) is 0.496. The first-order valence-corrected chi connectivity index (χ1v) is 11.3. The first-order chi connectivity index (χ1) is 15.4. The summed E-state index contributed by atoms with van der Waals surface area (Å²) >= 11 is 12.3. The highest BCUT2D eigenvalue weighted by Gasteiger charge is 2.28. The van der Waals surface area contributed by atoms with Crippen molar-refractivity contribution in [3.05, 3.63) is 80.7 Å². The van der Waals surface area contributed by atoms with Crippen LogP contribution in [0.4, 0.5) is 0 Å². The number of halogens is 2. The number of benzene rings is 2. The van der Waals surface area contributed by atoms with Gasteiger partial charge in [-0.1, -0.05) is 52.1 Å². The van der Waals surface area contributed by atoms with Gasteiger partial charge < -0.3 is 14.2 Å². The Balaban J connectivity index is 1.36. The lowest BCUT2D eigenvalue weighted by atomic mass is 10.1. The number of carbonyl (C=O) groups is 1. The van der Waals surface area contributed by atoms with Crippen molar-refractivity contribution in [3.63, 3.8) is 0 Å². The van der Waals surface area contributed by atoms with Gasteiger partial charge in [0, 0.05) is 42.8 Å². The summed E-state index contributed by atoms with van der Waals surface area (Å²) < 4.78 is 11.2. The molecule has 6 nitrogen and oxygen atoms in total. The lowest BCUT2D eigenvalue weighted by molar-refractivity contribution is 0.0616. The van der Waals surface area contributed by atoms with Crippen molar-refractivity contribution in [1.29, 1.82) is 0 Å². The Bertz CT molecular complexity index is 1090. The molecule has 1 aliphatic rings. The molecule has 0 bridgehead atoms. The lowest BCUT2D eigenvalue weighted by Gasteiger charge is -2.34. The summed E-state index contributed by atoms with van der Waals surface area (Å²) in [5.74, 6) is 1.20. The van der Waals surface area contributed by atoms with E-state index in [1.165, 1.54) is 0 Å². The number of aromatic nitrogens is 1. The third-order valence-corrected chi connectivity index (χ3v) is 6.25. The maximum atomic E-state index is 13.1. The van der Waals surface area contributed by atoms with Gasteiger partial charge in [0.05, 0.1) is 5.56 Å². The molecule has 0 aliphatic carbocycles. The van der Waals surface area contributed by atoms with E-state index in [-0.39, 0.29) is 12.5 Å². The van der Waals surface area contributed by atoms with Crippen molar-refractivity contribution in [2.45, 2.75) is 27.0 Å². The van der Waals surface area contributed by atoms with Crippen molar-refractivity contribution < 1.29 is 14.1 Å². The van der Waals surface area contributed by atoms with Gasteiger partial charge >= 0.3 is 0 Å². The molecule has 4 rings (SSSR count). The number of hydrogen-bond donors (Lipinski definition) is 0. The van der Waals surface area contributed by atoms with Crippen LogP contribution < -0.4 is 4.74 Å². The van der Waals surface area contributed by atoms with E-state index in [0.717, 1.165) is 36.5 Å². The normalized spacial score (nSPS) is 14.6. The highest BCUT2D eigenvalue weighted by molar-refractivity contribution is 6.35. The summed E-state index contributed by atoms with van der Waals surface area (Å²) in [6.45, 7) is 7.47. The minimum Gasteiger partial charge on any atom is -0.489 e. The van der Waals surface area contributed by atoms with Gasteiger partial charge in [0.25, 0.3) is 5.91 Å². The second-order valence-corrected chi connectivity index (χ2v) is 8.82. The van der Waals surface area contributed by atoms with E-state index >= 15 is 0 Å². The van der Waals surface area contributed by atoms with Crippen molar-refractivity contribution in [1.82, 2.24) is 15.0 Å². The van der Waals surface area contributed by atoms with Crippen LogP contribution in [0.2, 0.25) is 10.0 Å². The molecule has 0 N–H and O–H groups in total. The van der Waals surface area contributed by atoms with Gasteiger partial charge in [-0.05, 0) is 43.7 Å². The molecule has 0 radical (unpaired) electrons. The van der Waals surface area contributed by atoms with E-state index in [0.29, 0.717) is 40.2 Å². The maximum absolute atomic E-state index is 13.1. The molecule has 32 heavy (non-hydrogen) atoms. The first kappa shape index (κ1) is 22.6. The number of amides is 1. The predicted molar refractivity (Wildman–Crippen MR) is 124 cm³/mol. The van der Waals surface area contributed by atoms with Crippen molar-refractivity contribution >= 4 is 29.1 Å². The Morgan fingerprint density at radius 3 is 2.47 bits per heavy atom. The molecule has 0 unspecified atom stereocenters. The van der Waals surface area contributed by atoms with Crippen LogP contribution in [0.25, 0.3) is 0 Å². The summed E-state index contributed by atoms with van der Waals surface area (Å²) in [7, 11) is 0. The smallest absolute Gasteiger partial charge is 0.276 e. The van der Waals surface area contributed by atoms with Gasteiger partial charge in [-0.2, -0.15) is 0 Å². The molecule has 1 amide bonds. The van der Waals surface area contributed by atoms with E-state index in [1.807, 2.05) is 48.2 Å². The number of piperazine rings is 1. The highest BCUT2D eigenvalue weighted by atomic mass is 35.5. The van der Waals surface area contributed by atoms with E-state index in [2.05, 4.69) is 10.1 Å². The topological polar surface area (TPSA) is 58.8 Å². The standard InChI is InChI=1S/C24H25Cl2N3O3/c1-16-3-7-20(8-4-16)31-15-21-17(2)32-27-23(21)24(30)29-11-9-28(10-12-29)14-18-5-6-19(25)13-22(18)26/h3-8,13H,9-12,14-15H2,1-2H3. The summed E-state index contributed by atoms with van der Waals surface area (Å²) in [4.78, 5) is 17.2. The highest BCUT2D eigenvalue weighted by Crippen LogP contribution is 2.24. The van der Waals surface area contributed by atoms with Crippen LogP contribution in [0.15, 0.2) is 47.0 Å². The largest absolute Gasteiger partial charge is 0.489 e. The van der Waals surface area contributed by atoms with Gasteiger partial charge in [0.15, 0.2) is 5.69 Å². The van der Waals surface area contributed by atoms with Crippen LogP contribution >= 0.6 is 23.2 Å². The van der Waals surface area contributed by atoms with Crippen LogP contribution in [0.3, 0.4) is 0 Å². The first-order valence-electron chi connectivity index (χ1n) is 10.5. The molecule has 1 saturated heterocycles. The van der Waals surface area contributed by atoms with Crippen LogP contribution in [0, 0.1) is 13.8 Å². The fourth-order valence-electron chi connectivity index (χ4n) is 3.67. The van der Waals surface area contributed by atoms with Gasteiger partial charge in [-0.15, -0.1) is 0 Å². The molecule has 0 atom stereocenters. The molecule has 1 aromatic heterocycles. The van der Waals surface area contributed by atoms with Crippen LogP contribution in [0.1, 0.15) is 32.9 Å². The Kier molecular flexibility index (Phi) is 7.04. The zero-order chi connectivity index (χ0) is 22.7. The number of ether oxygens (including phenoxy) is 1. The predicted octanol–water partition coefficient (Wildman–Crippen LogP) is 5.14. The van der Waals surface area contributed by atoms with Gasteiger partial charge in [-0.3, -0.25) is 9.69 Å². The summed E-state index contributed by atoms with van der Waals surface area (Å²) in [5.41, 5.74) is 3.19. The maximum Gasteiger partial charge on any atom is 0.276 e. The van der Waals surface area contributed by atoms with Crippen molar-refractivity contribution in [3.8, 4) is 5.75 Å². The van der Waals surface area contributed by atoms with Gasteiger partial charge in [0.1, 0.15) is 18.1 Å². The SMILES string of the molecule is Cc1ccc(OCc2c(C(=O)N3CCN(Cc4ccc(Cl)cc4Cl)CC3)noc2C)cc1. The molecular weight excluding hydrogens is 449 g/mol. The monoisotopic (exact) mass is 473 g/mol. The summed E-state index contributed by atoms with van der Waals surface area (Å²) in [6, 6.07) is 13.3.